The highest BCUT2D eigenvalue weighted by molar-refractivity contribution is 8.03. The monoisotopic (exact) mass is 481 g/mol. The zero-order valence-corrected chi connectivity index (χ0v) is 19.8. The Balaban J connectivity index is 1.46. The van der Waals surface area contributed by atoms with Gasteiger partial charge in [-0.3, -0.25) is 14.5 Å². The number of ketones is 1. The number of nitrogens with one attached hydrogen (secondary N) is 1. The van der Waals surface area contributed by atoms with Gasteiger partial charge in [0.15, 0.2) is 5.78 Å². The Morgan fingerprint density at radius 3 is 2.31 bits per heavy atom. The van der Waals surface area contributed by atoms with Gasteiger partial charge < -0.3 is 9.73 Å². The first-order valence-corrected chi connectivity index (χ1v) is 12.4. The molecule has 0 spiro atoms. The number of nitrogens with zero attached hydrogens (tertiary/aromatic N) is 2. The lowest BCUT2D eigenvalue weighted by Gasteiger charge is -2.32. The number of benzene rings is 2. The lowest BCUT2D eigenvalue weighted by atomic mass is 9.79. The first-order valence-electron chi connectivity index (χ1n) is 11.4. The fourth-order valence-electron chi connectivity index (χ4n) is 4.57. The number of Topliss-reactive ketones (excluding diaryl/α,β-unsaturated/α-hetero) is 1. The molecule has 2 aliphatic rings. The minimum absolute atomic E-state index is 0.0346. The van der Waals surface area contributed by atoms with Crippen molar-refractivity contribution < 1.29 is 14.0 Å². The number of hydrogen-bond donors (Lipinski definition) is 1. The van der Waals surface area contributed by atoms with Crippen molar-refractivity contribution in [2.45, 2.75) is 25.2 Å². The number of anilines is 2. The third-order valence-corrected chi connectivity index (χ3v) is 7.11. The number of furan rings is 1. The predicted molar refractivity (Wildman–Crippen MR) is 136 cm³/mol. The molecule has 35 heavy (non-hydrogen) atoms. The molecule has 1 amide bonds. The molecule has 5 rings (SSSR count). The molecule has 7 heteroatoms. The van der Waals surface area contributed by atoms with Gasteiger partial charge in [-0.2, -0.15) is 5.26 Å². The zero-order chi connectivity index (χ0) is 24.2. The Hall–Kier alpha value is -4.02. The molecule has 1 N–H and O–H groups in total. The molecule has 1 atom stereocenters. The first-order chi connectivity index (χ1) is 17.2. The molecule has 0 unspecified atom stereocenters. The number of carbonyl (C=O) groups excluding carboxylic acids is 2. The number of nitriles is 1. The molecule has 2 aromatic carbocycles. The van der Waals surface area contributed by atoms with Gasteiger partial charge in [-0.15, -0.1) is 0 Å². The van der Waals surface area contributed by atoms with Gasteiger partial charge in [0, 0.05) is 29.1 Å². The van der Waals surface area contributed by atoms with E-state index >= 15 is 0 Å². The van der Waals surface area contributed by atoms with Crippen LogP contribution in [0.1, 0.15) is 30.9 Å². The fourth-order valence-corrected chi connectivity index (χ4v) is 5.48. The molecule has 0 saturated carbocycles. The van der Waals surface area contributed by atoms with E-state index in [0.717, 1.165) is 29.9 Å². The van der Waals surface area contributed by atoms with Crippen LogP contribution >= 0.6 is 11.8 Å². The van der Waals surface area contributed by atoms with Crippen LogP contribution in [0.15, 0.2) is 105 Å². The molecule has 3 aromatic rings. The second-order valence-electron chi connectivity index (χ2n) is 8.29. The van der Waals surface area contributed by atoms with Crippen molar-refractivity contribution in [2.24, 2.45) is 0 Å². The Kier molecular flexibility index (Phi) is 6.55. The summed E-state index contributed by atoms with van der Waals surface area (Å²) >= 11 is 1.28. The normalized spacial score (nSPS) is 17.5. The molecule has 6 nitrogen and oxygen atoms in total. The summed E-state index contributed by atoms with van der Waals surface area (Å²) < 4.78 is 5.65. The number of thioether (sulfide) groups is 1. The van der Waals surface area contributed by atoms with Crippen LogP contribution in [0.5, 0.6) is 0 Å². The highest BCUT2D eigenvalue weighted by atomic mass is 32.2. The summed E-state index contributed by atoms with van der Waals surface area (Å²) in [7, 11) is 0. The maximum absolute atomic E-state index is 13.5. The average molecular weight is 482 g/mol. The largest absolute Gasteiger partial charge is 0.468 e. The topological polar surface area (TPSA) is 86.3 Å². The van der Waals surface area contributed by atoms with E-state index in [4.69, 9.17) is 4.42 Å². The fraction of sp³-hybridized carbons (Fsp3) is 0.179. The Bertz CT molecular complexity index is 1300. The molecule has 0 saturated heterocycles. The van der Waals surface area contributed by atoms with Crippen LogP contribution in [0, 0.1) is 11.3 Å². The van der Waals surface area contributed by atoms with E-state index in [-0.39, 0.29) is 17.4 Å². The summed E-state index contributed by atoms with van der Waals surface area (Å²) in [5, 5.41) is 14.0. The molecule has 1 aliphatic carbocycles. The van der Waals surface area contributed by atoms with Gasteiger partial charge in [0.1, 0.15) is 5.76 Å². The summed E-state index contributed by atoms with van der Waals surface area (Å²) in [5.41, 5.74) is 3.37. The standard InChI is InChI=1S/C28H23N3O3S/c29-17-21-26(24-15-8-16-34-24)27-22(13-7-14-23(27)32)30-28(21)35-18-25(33)31(19-9-3-1-4-10-19)20-11-5-2-6-12-20/h1-6,8-12,15-16,26,30H,7,13-14,18H2/t26-/m0/s1. The molecular formula is C28H23N3O3S. The summed E-state index contributed by atoms with van der Waals surface area (Å²) in [5.74, 6) is 0.0282. The van der Waals surface area contributed by atoms with E-state index < -0.39 is 5.92 Å². The lowest BCUT2D eigenvalue weighted by Crippen LogP contribution is -2.32. The molecule has 174 valence electrons. The van der Waals surface area contributed by atoms with E-state index in [1.807, 2.05) is 60.7 Å². The molecule has 1 aliphatic heterocycles. The Labute approximate surface area is 207 Å². The van der Waals surface area contributed by atoms with Crippen LogP contribution in [0.3, 0.4) is 0 Å². The van der Waals surface area contributed by atoms with Crippen LogP contribution in [-0.2, 0) is 9.59 Å². The third-order valence-electron chi connectivity index (χ3n) is 6.11. The molecule has 1 aromatic heterocycles. The third kappa shape index (κ3) is 4.53. The quantitative estimate of drug-likeness (QED) is 0.478. The molecule has 0 fully saturated rings. The van der Waals surface area contributed by atoms with Gasteiger partial charge in [-0.1, -0.05) is 48.2 Å². The van der Waals surface area contributed by atoms with Crippen LogP contribution in [0.2, 0.25) is 0 Å². The highest BCUT2D eigenvalue weighted by Crippen LogP contribution is 2.44. The number of carbonyl (C=O) groups is 2. The maximum atomic E-state index is 13.5. The van der Waals surface area contributed by atoms with Crippen molar-refractivity contribution in [1.82, 2.24) is 5.32 Å². The van der Waals surface area contributed by atoms with Crippen molar-refractivity contribution in [2.75, 3.05) is 10.7 Å². The van der Waals surface area contributed by atoms with E-state index in [1.54, 1.807) is 23.3 Å². The van der Waals surface area contributed by atoms with Gasteiger partial charge in [-0.05, 0) is 49.2 Å². The van der Waals surface area contributed by atoms with Crippen LogP contribution in [-0.4, -0.2) is 17.4 Å². The lowest BCUT2D eigenvalue weighted by molar-refractivity contribution is -0.116. The predicted octanol–water partition coefficient (Wildman–Crippen LogP) is 5.81. The minimum Gasteiger partial charge on any atom is -0.468 e. The van der Waals surface area contributed by atoms with Gasteiger partial charge in [-0.25, -0.2) is 0 Å². The highest BCUT2D eigenvalue weighted by Gasteiger charge is 2.38. The van der Waals surface area contributed by atoms with Crippen LogP contribution in [0.25, 0.3) is 0 Å². The second-order valence-corrected chi connectivity index (χ2v) is 9.27. The second kappa shape index (κ2) is 10.1. The van der Waals surface area contributed by atoms with E-state index in [9.17, 15) is 14.9 Å². The van der Waals surface area contributed by atoms with Gasteiger partial charge in [0.25, 0.3) is 0 Å². The minimum atomic E-state index is -0.559. The molecule has 0 bridgehead atoms. The van der Waals surface area contributed by atoms with Crippen molar-refractivity contribution in [3.8, 4) is 6.07 Å². The van der Waals surface area contributed by atoms with Crippen molar-refractivity contribution in [1.29, 1.82) is 5.26 Å². The summed E-state index contributed by atoms with van der Waals surface area (Å²) in [6, 6.07) is 24.8. The number of hydrogen-bond acceptors (Lipinski definition) is 6. The Morgan fingerprint density at radius 2 is 1.71 bits per heavy atom. The SMILES string of the molecule is N#CC1=C(SCC(=O)N(c2ccccc2)c2ccccc2)NC2=C(C(=O)CCC2)[C@@H]1c1ccco1. The Morgan fingerprint density at radius 1 is 1.03 bits per heavy atom. The summed E-state index contributed by atoms with van der Waals surface area (Å²) in [6.45, 7) is 0. The van der Waals surface area contributed by atoms with Gasteiger partial charge >= 0.3 is 0 Å². The smallest absolute Gasteiger partial charge is 0.241 e. The van der Waals surface area contributed by atoms with Crippen molar-refractivity contribution >= 4 is 34.8 Å². The van der Waals surface area contributed by atoms with Crippen molar-refractivity contribution in [3.63, 3.8) is 0 Å². The number of rotatable bonds is 6. The molecule has 2 heterocycles. The molecular weight excluding hydrogens is 458 g/mol. The first kappa shape index (κ1) is 22.8. The van der Waals surface area contributed by atoms with Crippen molar-refractivity contribution in [3.05, 3.63) is 107 Å². The summed E-state index contributed by atoms with van der Waals surface area (Å²) in [6.07, 6.45) is 3.48. The summed E-state index contributed by atoms with van der Waals surface area (Å²) in [4.78, 5) is 28.0. The number of para-hydroxylation sites is 2. The van der Waals surface area contributed by atoms with Crippen LogP contribution < -0.4 is 10.2 Å². The number of amides is 1. The van der Waals surface area contributed by atoms with Crippen LogP contribution in [0.4, 0.5) is 11.4 Å². The van der Waals surface area contributed by atoms with Gasteiger partial charge in [0.05, 0.1) is 34.6 Å². The number of dihydropyridines is 1. The van der Waals surface area contributed by atoms with E-state index in [2.05, 4.69) is 11.4 Å². The zero-order valence-electron chi connectivity index (χ0n) is 18.9. The number of allylic oxidation sites excluding steroid dienone is 3. The maximum Gasteiger partial charge on any atom is 0.241 e. The van der Waals surface area contributed by atoms with E-state index in [1.165, 1.54) is 11.8 Å². The average Bonchev–Trinajstić information content (AvgIpc) is 3.43. The van der Waals surface area contributed by atoms with Gasteiger partial charge in [0.2, 0.25) is 5.91 Å². The molecule has 0 radical (unpaired) electrons. The van der Waals surface area contributed by atoms with E-state index in [0.29, 0.717) is 28.4 Å².